The number of halogens is 1. The second-order valence-electron chi connectivity index (χ2n) is 7.34. The average molecular weight is 465 g/mol. The number of nitriles is 1. The van der Waals surface area contributed by atoms with E-state index in [1.807, 2.05) is 26.0 Å². The maximum absolute atomic E-state index is 12.4. The number of rotatable bonds is 6. The molecule has 3 aromatic rings. The largest absolute Gasteiger partial charge is 0.504 e. The smallest absolute Gasteiger partial charge is 0.262 e. The molecule has 0 saturated heterocycles. The van der Waals surface area contributed by atoms with E-state index in [2.05, 4.69) is 5.32 Å². The minimum atomic E-state index is -0.729. The summed E-state index contributed by atoms with van der Waals surface area (Å²) in [7, 11) is 0. The third kappa shape index (κ3) is 5.56. The Hall–Kier alpha value is -4.15. The number of aromatic hydroxyl groups is 3. The molecule has 0 atom stereocenters. The van der Waals surface area contributed by atoms with Gasteiger partial charge in [-0.3, -0.25) is 4.79 Å². The SMILES string of the molecule is Cc1cc(Oc2ccc(CNC(=O)/C(C#N)=C\c3ccc(O)c(O)c3O)cc2)cc(C)c1Cl. The molecule has 0 radical (unpaired) electrons. The highest BCUT2D eigenvalue weighted by Crippen LogP contribution is 2.38. The third-order valence-corrected chi connectivity index (χ3v) is 5.44. The van der Waals surface area contributed by atoms with Gasteiger partial charge in [-0.25, -0.2) is 0 Å². The van der Waals surface area contributed by atoms with Gasteiger partial charge in [-0.05, 0) is 73.0 Å². The van der Waals surface area contributed by atoms with Gasteiger partial charge in [0, 0.05) is 17.1 Å². The van der Waals surface area contributed by atoms with Crippen LogP contribution in [-0.2, 0) is 11.3 Å². The molecule has 0 aliphatic rings. The quantitative estimate of drug-likeness (QED) is 0.229. The zero-order valence-electron chi connectivity index (χ0n) is 17.9. The number of nitrogens with one attached hydrogen (secondary N) is 1. The van der Waals surface area contributed by atoms with Gasteiger partial charge in [0.2, 0.25) is 5.75 Å². The van der Waals surface area contributed by atoms with Crippen LogP contribution in [0.25, 0.3) is 6.08 Å². The summed E-state index contributed by atoms with van der Waals surface area (Å²) < 4.78 is 5.87. The van der Waals surface area contributed by atoms with Gasteiger partial charge in [0.15, 0.2) is 11.5 Å². The molecule has 8 heteroatoms. The van der Waals surface area contributed by atoms with E-state index in [1.165, 1.54) is 6.07 Å². The molecular weight excluding hydrogens is 444 g/mol. The molecule has 4 N–H and O–H groups in total. The molecule has 0 aliphatic heterocycles. The molecule has 7 nitrogen and oxygen atoms in total. The van der Waals surface area contributed by atoms with Crippen LogP contribution in [0.5, 0.6) is 28.7 Å². The Labute approximate surface area is 195 Å². The van der Waals surface area contributed by atoms with Crippen molar-refractivity contribution in [2.24, 2.45) is 0 Å². The molecule has 0 fully saturated rings. The molecule has 0 unspecified atom stereocenters. The van der Waals surface area contributed by atoms with E-state index in [1.54, 1.807) is 30.3 Å². The van der Waals surface area contributed by atoms with Gasteiger partial charge >= 0.3 is 0 Å². The summed E-state index contributed by atoms with van der Waals surface area (Å²) in [6.07, 6.45) is 1.12. The molecular formula is C25H21ClN2O5. The topological polar surface area (TPSA) is 123 Å². The minimum absolute atomic E-state index is 0.0196. The molecule has 33 heavy (non-hydrogen) atoms. The molecule has 168 valence electrons. The van der Waals surface area contributed by atoms with Crippen LogP contribution in [0, 0.1) is 25.2 Å². The van der Waals surface area contributed by atoms with Crippen molar-refractivity contribution >= 4 is 23.6 Å². The van der Waals surface area contributed by atoms with Crippen molar-refractivity contribution in [3.63, 3.8) is 0 Å². The molecule has 0 aromatic heterocycles. The Morgan fingerprint density at radius 3 is 2.27 bits per heavy atom. The second-order valence-corrected chi connectivity index (χ2v) is 7.72. The van der Waals surface area contributed by atoms with Crippen LogP contribution in [0.1, 0.15) is 22.3 Å². The van der Waals surface area contributed by atoms with Gasteiger partial charge in [-0.15, -0.1) is 0 Å². The summed E-state index contributed by atoms with van der Waals surface area (Å²) in [5, 5.41) is 41.5. The third-order valence-electron chi connectivity index (χ3n) is 4.85. The summed E-state index contributed by atoms with van der Waals surface area (Å²) >= 11 is 6.18. The molecule has 0 heterocycles. The lowest BCUT2D eigenvalue weighted by atomic mass is 10.1. The highest BCUT2D eigenvalue weighted by atomic mass is 35.5. The Kier molecular flexibility index (Phi) is 7.11. The Morgan fingerprint density at radius 2 is 1.67 bits per heavy atom. The first-order valence-electron chi connectivity index (χ1n) is 9.87. The zero-order chi connectivity index (χ0) is 24.1. The normalized spacial score (nSPS) is 11.0. The lowest BCUT2D eigenvalue weighted by molar-refractivity contribution is -0.117. The number of benzene rings is 3. The van der Waals surface area contributed by atoms with Gasteiger partial charge in [0.05, 0.1) is 0 Å². The van der Waals surface area contributed by atoms with Crippen molar-refractivity contribution in [1.29, 1.82) is 5.26 Å². The monoisotopic (exact) mass is 464 g/mol. The number of phenolic OH excluding ortho intramolecular Hbond substituents is 3. The summed E-state index contributed by atoms with van der Waals surface area (Å²) in [5.41, 5.74) is 2.36. The van der Waals surface area contributed by atoms with Crippen molar-refractivity contribution in [2.75, 3.05) is 0 Å². The number of nitrogens with zero attached hydrogens (tertiary/aromatic N) is 1. The van der Waals surface area contributed by atoms with E-state index in [0.717, 1.165) is 28.8 Å². The van der Waals surface area contributed by atoms with Gasteiger partial charge in [-0.1, -0.05) is 23.7 Å². The average Bonchev–Trinajstić information content (AvgIpc) is 2.80. The maximum atomic E-state index is 12.4. The van der Waals surface area contributed by atoms with E-state index in [0.29, 0.717) is 16.5 Å². The summed E-state index contributed by atoms with van der Waals surface area (Å²) in [4.78, 5) is 12.4. The number of ether oxygens (including phenoxy) is 1. The minimum Gasteiger partial charge on any atom is -0.504 e. The Morgan fingerprint density at radius 1 is 1.03 bits per heavy atom. The molecule has 1 amide bonds. The van der Waals surface area contributed by atoms with Crippen molar-refractivity contribution in [3.8, 4) is 34.8 Å². The van der Waals surface area contributed by atoms with Crippen LogP contribution >= 0.6 is 11.6 Å². The zero-order valence-corrected chi connectivity index (χ0v) is 18.6. The predicted octanol–water partition coefficient (Wildman–Crippen LogP) is 5.09. The van der Waals surface area contributed by atoms with E-state index < -0.39 is 23.2 Å². The molecule has 0 saturated carbocycles. The fourth-order valence-electron chi connectivity index (χ4n) is 3.06. The fourth-order valence-corrected chi connectivity index (χ4v) is 3.17. The number of hydrogen-bond donors (Lipinski definition) is 4. The highest BCUT2D eigenvalue weighted by molar-refractivity contribution is 6.32. The van der Waals surface area contributed by atoms with Gasteiger partial charge in [0.25, 0.3) is 5.91 Å². The van der Waals surface area contributed by atoms with Gasteiger partial charge in [0.1, 0.15) is 23.1 Å². The predicted molar refractivity (Wildman–Crippen MR) is 124 cm³/mol. The van der Waals surface area contributed by atoms with Crippen LogP contribution in [0.2, 0.25) is 5.02 Å². The van der Waals surface area contributed by atoms with Crippen molar-refractivity contribution < 1.29 is 24.9 Å². The van der Waals surface area contributed by atoms with Crippen molar-refractivity contribution in [1.82, 2.24) is 5.32 Å². The number of carbonyl (C=O) groups excluding carboxylic acids is 1. The van der Waals surface area contributed by atoms with E-state index in [9.17, 15) is 25.4 Å². The summed E-state index contributed by atoms with van der Waals surface area (Å²) in [6.45, 7) is 3.97. The number of amides is 1. The Bertz CT molecular complexity index is 1250. The first-order valence-corrected chi connectivity index (χ1v) is 10.2. The van der Waals surface area contributed by atoms with Crippen LogP contribution in [0.3, 0.4) is 0 Å². The van der Waals surface area contributed by atoms with Crippen LogP contribution in [-0.4, -0.2) is 21.2 Å². The van der Waals surface area contributed by atoms with Gasteiger partial charge in [-0.2, -0.15) is 5.26 Å². The van der Waals surface area contributed by atoms with E-state index >= 15 is 0 Å². The number of carbonyl (C=O) groups is 1. The van der Waals surface area contributed by atoms with Crippen LogP contribution < -0.4 is 10.1 Å². The van der Waals surface area contributed by atoms with Crippen LogP contribution in [0.4, 0.5) is 0 Å². The molecule has 0 spiro atoms. The van der Waals surface area contributed by atoms with Crippen molar-refractivity contribution in [3.05, 3.63) is 81.4 Å². The second kappa shape index (κ2) is 9.98. The summed E-state index contributed by atoms with van der Waals surface area (Å²) in [5.74, 6) is -1.24. The lowest BCUT2D eigenvalue weighted by Crippen LogP contribution is -2.23. The number of hydrogen-bond acceptors (Lipinski definition) is 6. The fraction of sp³-hybridized carbons (Fsp3) is 0.120. The molecule has 0 aliphatic carbocycles. The molecule has 0 bridgehead atoms. The van der Waals surface area contributed by atoms with Crippen LogP contribution in [0.15, 0.2) is 54.1 Å². The lowest BCUT2D eigenvalue weighted by Gasteiger charge is -2.10. The maximum Gasteiger partial charge on any atom is 0.262 e. The summed E-state index contributed by atoms with van der Waals surface area (Å²) in [6, 6.07) is 15.0. The van der Waals surface area contributed by atoms with E-state index in [-0.39, 0.29) is 17.7 Å². The molecule has 3 aromatic carbocycles. The number of phenols is 3. The van der Waals surface area contributed by atoms with Crippen molar-refractivity contribution in [2.45, 2.75) is 20.4 Å². The standard InChI is InChI=1S/C25H21ClN2O5/c1-14-9-20(10-15(2)22(14)26)33-19-6-3-16(4-7-19)13-28-25(32)18(12-27)11-17-5-8-21(29)24(31)23(17)30/h3-11,29-31H,13H2,1-2H3,(H,28,32)/b18-11-. The highest BCUT2D eigenvalue weighted by Gasteiger charge is 2.14. The Balaban J connectivity index is 1.65. The number of aryl methyl sites for hydroxylation is 2. The van der Waals surface area contributed by atoms with Gasteiger partial charge < -0.3 is 25.4 Å². The first-order chi connectivity index (χ1) is 15.7. The first kappa shape index (κ1) is 23.5. The van der Waals surface area contributed by atoms with E-state index in [4.69, 9.17) is 16.3 Å². The molecule has 3 rings (SSSR count).